The SMILES string of the molecule is COC(=O)CCn1nc(C)c(CN2CCNC(C)C2)c1C. The number of carbonyl (C=O) groups excluding carboxylic acids is 1. The Hall–Kier alpha value is -1.40. The number of aryl methyl sites for hydroxylation is 2. The van der Waals surface area contributed by atoms with E-state index in [9.17, 15) is 4.79 Å². The van der Waals surface area contributed by atoms with Gasteiger partial charge < -0.3 is 10.1 Å². The fourth-order valence-corrected chi connectivity index (χ4v) is 2.86. The van der Waals surface area contributed by atoms with Crippen molar-refractivity contribution in [2.75, 3.05) is 26.7 Å². The molecule has 1 aromatic heterocycles. The van der Waals surface area contributed by atoms with Crippen LogP contribution >= 0.6 is 0 Å². The number of nitrogens with one attached hydrogen (secondary N) is 1. The summed E-state index contributed by atoms with van der Waals surface area (Å²) in [5, 5.41) is 8.03. The number of nitrogens with zero attached hydrogens (tertiary/aromatic N) is 3. The maximum atomic E-state index is 11.3. The lowest BCUT2D eigenvalue weighted by molar-refractivity contribution is -0.140. The third-order valence-corrected chi connectivity index (χ3v) is 4.12. The van der Waals surface area contributed by atoms with Crippen molar-refractivity contribution in [3.05, 3.63) is 17.0 Å². The van der Waals surface area contributed by atoms with Crippen LogP contribution in [0.25, 0.3) is 0 Å². The fourth-order valence-electron chi connectivity index (χ4n) is 2.86. The maximum Gasteiger partial charge on any atom is 0.307 e. The lowest BCUT2D eigenvalue weighted by atomic mass is 10.1. The van der Waals surface area contributed by atoms with E-state index in [0.717, 1.165) is 37.6 Å². The second-order valence-electron chi connectivity index (χ2n) is 5.79. The summed E-state index contributed by atoms with van der Waals surface area (Å²) >= 11 is 0. The number of hydrogen-bond acceptors (Lipinski definition) is 5. The largest absolute Gasteiger partial charge is 0.469 e. The third-order valence-electron chi connectivity index (χ3n) is 4.12. The smallest absolute Gasteiger partial charge is 0.307 e. The van der Waals surface area contributed by atoms with Crippen molar-refractivity contribution in [3.8, 4) is 0 Å². The van der Waals surface area contributed by atoms with Crippen molar-refractivity contribution in [2.45, 2.75) is 46.3 Å². The van der Waals surface area contributed by atoms with E-state index in [4.69, 9.17) is 0 Å². The Kier molecular flexibility index (Phi) is 5.36. The van der Waals surface area contributed by atoms with Crippen LogP contribution in [0.15, 0.2) is 0 Å². The Balaban J connectivity index is 2.02. The molecule has 6 heteroatoms. The van der Waals surface area contributed by atoms with Gasteiger partial charge in [-0.3, -0.25) is 14.4 Å². The molecule has 0 saturated carbocycles. The van der Waals surface area contributed by atoms with E-state index in [2.05, 4.69) is 33.9 Å². The van der Waals surface area contributed by atoms with E-state index < -0.39 is 0 Å². The molecule has 1 aliphatic rings. The second-order valence-corrected chi connectivity index (χ2v) is 5.79. The number of carbonyl (C=O) groups is 1. The Bertz CT molecular complexity index is 498. The molecule has 21 heavy (non-hydrogen) atoms. The molecule has 0 radical (unpaired) electrons. The van der Waals surface area contributed by atoms with Crippen LogP contribution in [0.3, 0.4) is 0 Å². The molecule has 0 aliphatic carbocycles. The molecule has 1 unspecified atom stereocenters. The minimum Gasteiger partial charge on any atom is -0.469 e. The first-order valence-electron chi connectivity index (χ1n) is 7.56. The molecular formula is C15H26N4O2. The van der Waals surface area contributed by atoms with Crippen molar-refractivity contribution in [2.24, 2.45) is 0 Å². The number of rotatable bonds is 5. The van der Waals surface area contributed by atoms with E-state index in [1.54, 1.807) is 0 Å². The van der Waals surface area contributed by atoms with Crippen molar-refractivity contribution in [3.63, 3.8) is 0 Å². The molecule has 1 atom stereocenters. The fraction of sp³-hybridized carbons (Fsp3) is 0.733. The van der Waals surface area contributed by atoms with Crippen molar-refractivity contribution < 1.29 is 9.53 Å². The zero-order valence-electron chi connectivity index (χ0n) is 13.5. The highest BCUT2D eigenvalue weighted by Gasteiger charge is 2.19. The lowest BCUT2D eigenvalue weighted by Gasteiger charge is -2.31. The second kappa shape index (κ2) is 7.04. The Morgan fingerprint density at radius 1 is 1.48 bits per heavy atom. The first-order chi connectivity index (χ1) is 10.0. The van der Waals surface area contributed by atoms with Crippen LogP contribution in [0.1, 0.15) is 30.3 Å². The lowest BCUT2D eigenvalue weighted by Crippen LogP contribution is -2.48. The molecule has 1 saturated heterocycles. The molecule has 0 amide bonds. The quantitative estimate of drug-likeness (QED) is 0.816. The molecule has 2 rings (SSSR count). The Morgan fingerprint density at radius 2 is 2.24 bits per heavy atom. The molecule has 2 heterocycles. The zero-order valence-corrected chi connectivity index (χ0v) is 13.5. The molecule has 1 N–H and O–H groups in total. The van der Waals surface area contributed by atoms with Gasteiger partial charge in [-0.2, -0.15) is 5.10 Å². The highest BCUT2D eigenvalue weighted by Crippen LogP contribution is 2.17. The van der Waals surface area contributed by atoms with Crippen LogP contribution in [-0.2, 0) is 22.6 Å². The summed E-state index contributed by atoms with van der Waals surface area (Å²) in [4.78, 5) is 13.7. The summed E-state index contributed by atoms with van der Waals surface area (Å²) in [6.07, 6.45) is 0.364. The van der Waals surface area contributed by atoms with Gasteiger partial charge in [0.25, 0.3) is 0 Å². The third kappa shape index (κ3) is 4.04. The normalized spacial score (nSPS) is 19.7. The van der Waals surface area contributed by atoms with Gasteiger partial charge in [0.05, 0.1) is 25.8 Å². The molecular weight excluding hydrogens is 268 g/mol. The number of methoxy groups -OCH3 is 1. The van der Waals surface area contributed by atoms with Crippen LogP contribution in [0, 0.1) is 13.8 Å². The van der Waals surface area contributed by atoms with E-state index in [-0.39, 0.29) is 5.97 Å². The highest BCUT2D eigenvalue weighted by atomic mass is 16.5. The number of esters is 1. The molecule has 1 aromatic rings. The molecule has 1 aliphatic heterocycles. The van der Waals surface area contributed by atoms with Gasteiger partial charge in [-0.05, 0) is 20.8 Å². The van der Waals surface area contributed by atoms with Gasteiger partial charge in [0.1, 0.15) is 0 Å². The Morgan fingerprint density at radius 3 is 2.90 bits per heavy atom. The van der Waals surface area contributed by atoms with Gasteiger partial charge in [0, 0.05) is 43.5 Å². The minimum absolute atomic E-state index is 0.194. The van der Waals surface area contributed by atoms with Crippen LogP contribution in [-0.4, -0.2) is 53.4 Å². The number of piperazine rings is 1. The average Bonchev–Trinajstić information content (AvgIpc) is 2.72. The van der Waals surface area contributed by atoms with Crippen LogP contribution in [0.4, 0.5) is 0 Å². The van der Waals surface area contributed by atoms with Gasteiger partial charge in [-0.15, -0.1) is 0 Å². The highest BCUT2D eigenvalue weighted by molar-refractivity contribution is 5.68. The summed E-state index contributed by atoms with van der Waals surface area (Å²) in [5.41, 5.74) is 3.50. The molecule has 0 aromatic carbocycles. The van der Waals surface area contributed by atoms with E-state index in [1.807, 2.05) is 11.6 Å². The topological polar surface area (TPSA) is 59.4 Å². The van der Waals surface area contributed by atoms with Gasteiger partial charge in [0.2, 0.25) is 0 Å². The number of aromatic nitrogens is 2. The molecule has 0 spiro atoms. The van der Waals surface area contributed by atoms with E-state index >= 15 is 0 Å². The minimum atomic E-state index is -0.194. The molecule has 118 valence electrons. The van der Waals surface area contributed by atoms with Crippen LogP contribution < -0.4 is 5.32 Å². The number of hydrogen-bond donors (Lipinski definition) is 1. The van der Waals surface area contributed by atoms with Crippen molar-refractivity contribution >= 4 is 5.97 Å². The van der Waals surface area contributed by atoms with Crippen molar-refractivity contribution in [1.29, 1.82) is 0 Å². The van der Waals surface area contributed by atoms with Crippen molar-refractivity contribution in [1.82, 2.24) is 20.0 Å². The monoisotopic (exact) mass is 294 g/mol. The van der Waals surface area contributed by atoms with Gasteiger partial charge in [-0.25, -0.2) is 0 Å². The standard InChI is InChI=1S/C15H26N4O2/c1-11-9-18(8-6-16-11)10-14-12(2)17-19(13(14)3)7-5-15(20)21-4/h11,16H,5-10H2,1-4H3. The summed E-state index contributed by atoms with van der Waals surface area (Å²) in [5.74, 6) is -0.194. The van der Waals surface area contributed by atoms with Gasteiger partial charge in [-0.1, -0.05) is 0 Å². The summed E-state index contributed by atoms with van der Waals surface area (Å²) < 4.78 is 6.61. The summed E-state index contributed by atoms with van der Waals surface area (Å²) in [7, 11) is 1.42. The summed E-state index contributed by atoms with van der Waals surface area (Å²) in [6.45, 7) is 11.0. The molecule has 1 fully saturated rings. The van der Waals surface area contributed by atoms with E-state index in [1.165, 1.54) is 12.7 Å². The van der Waals surface area contributed by atoms with Gasteiger partial charge in [0.15, 0.2) is 0 Å². The average molecular weight is 294 g/mol. The molecule has 0 bridgehead atoms. The zero-order chi connectivity index (χ0) is 15.4. The van der Waals surface area contributed by atoms with Gasteiger partial charge >= 0.3 is 5.97 Å². The van der Waals surface area contributed by atoms with E-state index in [0.29, 0.717) is 19.0 Å². The van der Waals surface area contributed by atoms with Crippen LogP contribution in [0.5, 0.6) is 0 Å². The summed E-state index contributed by atoms with van der Waals surface area (Å²) in [6, 6.07) is 0.536. The van der Waals surface area contributed by atoms with Crippen LogP contribution in [0.2, 0.25) is 0 Å². The maximum absolute atomic E-state index is 11.3. The first-order valence-corrected chi connectivity index (χ1v) is 7.56. The predicted molar refractivity (Wildman–Crippen MR) is 81.1 cm³/mol. The molecule has 6 nitrogen and oxygen atoms in total. The number of ether oxygens (including phenoxy) is 1. The first kappa shape index (κ1) is 16.0. The predicted octanol–water partition coefficient (Wildman–Crippen LogP) is 0.857. The Labute approximate surface area is 126 Å².